The average Bonchev–Trinajstić information content (AvgIpc) is 2.68. The number of rotatable bonds is 5. The van der Waals surface area contributed by atoms with Crippen LogP contribution >= 0.6 is 11.6 Å². The van der Waals surface area contributed by atoms with Gasteiger partial charge in [-0.3, -0.25) is 4.79 Å². The second kappa shape index (κ2) is 6.02. The van der Waals surface area contributed by atoms with Crippen molar-refractivity contribution in [2.45, 2.75) is 13.3 Å². The van der Waals surface area contributed by atoms with E-state index in [-0.39, 0.29) is 30.1 Å². The molecule has 2 unspecified atom stereocenters. The van der Waals surface area contributed by atoms with Crippen molar-refractivity contribution in [3.8, 4) is 0 Å². The minimum atomic E-state index is -3.29. The Hall–Kier alpha value is -0.330. The number of hydrogen-bond acceptors (Lipinski definition) is 4. The predicted molar refractivity (Wildman–Crippen MR) is 65.4 cm³/mol. The van der Waals surface area contributed by atoms with Crippen LogP contribution in [0, 0.1) is 11.8 Å². The van der Waals surface area contributed by atoms with Crippen molar-refractivity contribution >= 4 is 27.6 Å². The number of methoxy groups -OCH3 is 1. The molecule has 0 aromatic carbocycles. The molecule has 0 aliphatic carbocycles. The van der Waals surface area contributed by atoms with E-state index in [0.29, 0.717) is 18.8 Å². The first-order valence-corrected chi connectivity index (χ1v) is 7.68. The number of nitrogens with zero attached hydrogens (tertiary/aromatic N) is 1. The van der Waals surface area contributed by atoms with Gasteiger partial charge in [-0.05, 0) is 12.3 Å². The minimum absolute atomic E-state index is 0.00627. The quantitative estimate of drug-likeness (QED) is 0.550. The first-order chi connectivity index (χ1) is 7.92. The maximum absolute atomic E-state index is 11.9. The molecule has 0 radical (unpaired) electrons. The van der Waals surface area contributed by atoms with Crippen LogP contribution < -0.4 is 0 Å². The highest BCUT2D eigenvalue weighted by molar-refractivity contribution is 7.89. The van der Waals surface area contributed by atoms with Gasteiger partial charge in [-0.1, -0.05) is 6.92 Å². The molecule has 17 heavy (non-hydrogen) atoms. The Balaban J connectivity index is 2.68. The molecule has 0 N–H and O–H groups in total. The fourth-order valence-corrected chi connectivity index (χ4v) is 3.88. The van der Waals surface area contributed by atoms with Crippen molar-refractivity contribution in [1.29, 1.82) is 0 Å². The van der Waals surface area contributed by atoms with Crippen molar-refractivity contribution < 1.29 is 17.9 Å². The Kier molecular flexibility index (Phi) is 5.22. The molecule has 7 heteroatoms. The van der Waals surface area contributed by atoms with Crippen LogP contribution in [0.2, 0.25) is 0 Å². The van der Waals surface area contributed by atoms with Crippen LogP contribution in [-0.2, 0) is 19.6 Å². The molecule has 0 saturated carbocycles. The van der Waals surface area contributed by atoms with Gasteiger partial charge >= 0.3 is 5.97 Å². The summed E-state index contributed by atoms with van der Waals surface area (Å²) < 4.78 is 29.8. The Labute approximate surface area is 107 Å². The van der Waals surface area contributed by atoms with Crippen LogP contribution in [0.4, 0.5) is 0 Å². The predicted octanol–water partition coefficient (Wildman–Crippen LogP) is 0.686. The highest BCUT2D eigenvalue weighted by atomic mass is 35.5. The molecule has 0 aromatic rings. The van der Waals surface area contributed by atoms with Crippen LogP contribution in [-0.4, -0.2) is 50.5 Å². The lowest BCUT2D eigenvalue weighted by Crippen LogP contribution is -2.32. The molecular formula is C10H18ClNO4S. The summed E-state index contributed by atoms with van der Waals surface area (Å²) in [6.45, 7) is 2.46. The van der Waals surface area contributed by atoms with E-state index in [2.05, 4.69) is 4.74 Å². The lowest BCUT2D eigenvalue weighted by Gasteiger charge is -2.15. The van der Waals surface area contributed by atoms with Gasteiger partial charge in [0.2, 0.25) is 10.0 Å². The van der Waals surface area contributed by atoms with Crippen LogP contribution in [0.15, 0.2) is 0 Å². The lowest BCUT2D eigenvalue weighted by molar-refractivity contribution is -0.145. The van der Waals surface area contributed by atoms with Crippen LogP contribution in [0.25, 0.3) is 0 Å². The summed E-state index contributed by atoms with van der Waals surface area (Å²) in [6.07, 6.45) is 0.428. The van der Waals surface area contributed by atoms with Gasteiger partial charge in [0, 0.05) is 19.0 Å². The summed E-state index contributed by atoms with van der Waals surface area (Å²) in [6, 6.07) is 0. The van der Waals surface area contributed by atoms with Crippen LogP contribution in [0.5, 0.6) is 0 Å². The maximum Gasteiger partial charge on any atom is 0.310 e. The molecule has 1 heterocycles. The van der Waals surface area contributed by atoms with E-state index in [4.69, 9.17) is 11.6 Å². The normalized spacial score (nSPS) is 26.1. The topological polar surface area (TPSA) is 63.7 Å². The second-order valence-electron chi connectivity index (χ2n) is 4.28. The molecule has 0 amide bonds. The van der Waals surface area contributed by atoms with Crippen molar-refractivity contribution in [2.75, 3.05) is 31.8 Å². The van der Waals surface area contributed by atoms with Crippen molar-refractivity contribution in [3.63, 3.8) is 0 Å². The molecular weight excluding hydrogens is 266 g/mol. The van der Waals surface area contributed by atoms with Gasteiger partial charge in [-0.25, -0.2) is 12.7 Å². The van der Waals surface area contributed by atoms with Gasteiger partial charge in [0.15, 0.2) is 0 Å². The van der Waals surface area contributed by atoms with Gasteiger partial charge in [-0.2, -0.15) is 0 Å². The third-order valence-corrected chi connectivity index (χ3v) is 5.17. The first-order valence-electron chi connectivity index (χ1n) is 5.54. The summed E-state index contributed by atoms with van der Waals surface area (Å²) >= 11 is 5.49. The van der Waals surface area contributed by atoms with Crippen molar-refractivity contribution in [3.05, 3.63) is 0 Å². The molecule has 2 atom stereocenters. The third kappa shape index (κ3) is 3.56. The zero-order chi connectivity index (χ0) is 13.1. The maximum atomic E-state index is 11.9. The van der Waals surface area contributed by atoms with E-state index in [0.717, 1.165) is 0 Å². The molecule has 1 aliphatic rings. The smallest absolute Gasteiger partial charge is 0.310 e. The fourth-order valence-electron chi connectivity index (χ4n) is 1.97. The molecule has 0 aromatic heterocycles. The number of carbonyl (C=O) groups is 1. The van der Waals surface area contributed by atoms with E-state index >= 15 is 0 Å². The standard InChI is InChI=1S/C10H18ClNO4S/c1-8-6-12(7-9(8)10(13)16-2)17(14,15)5-3-4-11/h8-9H,3-7H2,1-2H3. The monoisotopic (exact) mass is 283 g/mol. The largest absolute Gasteiger partial charge is 0.469 e. The molecule has 0 bridgehead atoms. The van der Waals surface area contributed by atoms with Gasteiger partial charge in [0.05, 0.1) is 18.8 Å². The number of hydrogen-bond donors (Lipinski definition) is 0. The van der Waals surface area contributed by atoms with E-state index in [1.165, 1.54) is 11.4 Å². The summed E-state index contributed by atoms with van der Waals surface area (Å²) in [5, 5.41) is 0. The van der Waals surface area contributed by atoms with Crippen LogP contribution in [0.1, 0.15) is 13.3 Å². The number of esters is 1. The van der Waals surface area contributed by atoms with Gasteiger partial charge in [0.25, 0.3) is 0 Å². The molecule has 1 saturated heterocycles. The number of carbonyl (C=O) groups excluding carboxylic acids is 1. The summed E-state index contributed by atoms with van der Waals surface area (Å²) in [7, 11) is -1.97. The molecule has 5 nitrogen and oxygen atoms in total. The zero-order valence-corrected chi connectivity index (χ0v) is 11.6. The van der Waals surface area contributed by atoms with E-state index in [1.54, 1.807) is 0 Å². The first kappa shape index (κ1) is 14.7. The van der Waals surface area contributed by atoms with Gasteiger partial charge < -0.3 is 4.74 Å². The van der Waals surface area contributed by atoms with E-state index in [1.807, 2.05) is 6.92 Å². The number of halogens is 1. The summed E-state index contributed by atoms with van der Waals surface area (Å²) in [5.41, 5.74) is 0. The lowest BCUT2D eigenvalue weighted by atomic mass is 9.99. The van der Waals surface area contributed by atoms with Crippen molar-refractivity contribution in [1.82, 2.24) is 4.31 Å². The Morgan fingerprint density at radius 1 is 1.47 bits per heavy atom. The van der Waals surface area contributed by atoms with Gasteiger partial charge in [0.1, 0.15) is 0 Å². The third-order valence-electron chi connectivity index (χ3n) is 3.01. The van der Waals surface area contributed by atoms with Gasteiger partial charge in [-0.15, -0.1) is 11.6 Å². The zero-order valence-electron chi connectivity index (χ0n) is 10.1. The Morgan fingerprint density at radius 2 is 2.12 bits per heavy atom. The summed E-state index contributed by atoms with van der Waals surface area (Å²) in [4.78, 5) is 11.4. The SMILES string of the molecule is COC(=O)C1CN(S(=O)(=O)CCCCl)CC1C. The number of ether oxygens (including phenoxy) is 1. The number of alkyl halides is 1. The summed E-state index contributed by atoms with van der Waals surface area (Å²) in [5.74, 6) is -0.341. The molecule has 1 aliphatic heterocycles. The highest BCUT2D eigenvalue weighted by Crippen LogP contribution is 2.26. The molecule has 1 fully saturated rings. The van der Waals surface area contributed by atoms with Crippen molar-refractivity contribution in [2.24, 2.45) is 11.8 Å². The highest BCUT2D eigenvalue weighted by Gasteiger charge is 2.40. The molecule has 1 rings (SSSR count). The molecule has 0 spiro atoms. The Bertz CT molecular complexity index is 371. The molecule has 100 valence electrons. The van der Waals surface area contributed by atoms with Crippen LogP contribution in [0.3, 0.4) is 0 Å². The fraction of sp³-hybridized carbons (Fsp3) is 0.900. The average molecular weight is 284 g/mol. The van der Waals surface area contributed by atoms with E-state index in [9.17, 15) is 13.2 Å². The number of sulfonamides is 1. The minimum Gasteiger partial charge on any atom is -0.469 e. The Morgan fingerprint density at radius 3 is 2.65 bits per heavy atom. The second-order valence-corrected chi connectivity index (χ2v) is 6.75. The van der Waals surface area contributed by atoms with E-state index < -0.39 is 10.0 Å².